The Morgan fingerprint density at radius 1 is 0.973 bits per heavy atom. The Bertz CT molecular complexity index is 1090. The number of unbranched alkanes of at least 4 members (excludes halogenated alkanes) is 3. The van der Waals surface area contributed by atoms with E-state index in [0.29, 0.717) is 18.4 Å². The number of benzene rings is 2. The van der Waals surface area contributed by atoms with Gasteiger partial charge in [-0.25, -0.2) is 0 Å². The van der Waals surface area contributed by atoms with Crippen LogP contribution in [0.1, 0.15) is 91.9 Å². The average Bonchev–Trinajstić information content (AvgIpc) is 3.32. The van der Waals surface area contributed by atoms with Gasteiger partial charge >= 0.3 is 5.97 Å². The van der Waals surface area contributed by atoms with Crippen molar-refractivity contribution >= 4 is 29.4 Å². The summed E-state index contributed by atoms with van der Waals surface area (Å²) in [6.45, 7) is 6.12. The van der Waals surface area contributed by atoms with Crippen LogP contribution in [0.2, 0.25) is 0 Å². The van der Waals surface area contributed by atoms with E-state index in [0.717, 1.165) is 68.4 Å². The highest BCUT2D eigenvalue weighted by Crippen LogP contribution is 2.32. The molecule has 6 heteroatoms. The van der Waals surface area contributed by atoms with E-state index in [-0.39, 0.29) is 23.7 Å². The van der Waals surface area contributed by atoms with Crippen molar-refractivity contribution in [3.05, 3.63) is 70.8 Å². The van der Waals surface area contributed by atoms with Gasteiger partial charge in [0.2, 0.25) is 0 Å². The third kappa shape index (κ3) is 8.31. The van der Waals surface area contributed by atoms with Crippen molar-refractivity contribution in [2.45, 2.75) is 71.3 Å². The molecule has 0 fully saturated rings. The first kappa shape index (κ1) is 28.2. The molecular formula is C31H40N2O4. The zero-order valence-electron chi connectivity index (χ0n) is 22.4. The van der Waals surface area contributed by atoms with Crippen molar-refractivity contribution in [1.29, 1.82) is 0 Å². The summed E-state index contributed by atoms with van der Waals surface area (Å²) in [4.78, 5) is 38.5. The van der Waals surface area contributed by atoms with Gasteiger partial charge in [0.1, 0.15) is 0 Å². The van der Waals surface area contributed by atoms with Gasteiger partial charge in [0.15, 0.2) is 5.78 Å². The molecule has 0 saturated heterocycles. The number of hydrogen-bond acceptors (Lipinski definition) is 5. The number of ketones is 1. The summed E-state index contributed by atoms with van der Waals surface area (Å²) in [5.74, 6) is -0.114. The number of nitrogens with zero attached hydrogens (tertiary/aromatic N) is 1. The molecule has 0 heterocycles. The van der Waals surface area contributed by atoms with E-state index >= 15 is 0 Å². The van der Waals surface area contributed by atoms with Crippen molar-refractivity contribution in [1.82, 2.24) is 5.32 Å². The van der Waals surface area contributed by atoms with Crippen LogP contribution < -0.4 is 10.2 Å². The number of ether oxygens (including phenoxy) is 1. The minimum Gasteiger partial charge on any atom is -0.469 e. The number of rotatable bonds is 14. The summed E-state index contributed by atoms with van der Waals surface area (Å²) in [6.07, 6.45) is 9.77. The van der Waals surface area contributed by atoms with Crippen LogP contribution in [0.3, 0.4) is 0 Å². The number of amides is 1. The minimum absolute atomic E-state index is 0.00352. The van der Waals surface area contributed by atoms with E-state index in [9.17, 15) is 14.4 Å². The maximum absolute atomic E-state index is 12.9. The highest BCUT2D eigenvalue weighted by atomic mass is 16.5. The Morgan fingerprint density at radius 2 is 1.68 bits per heavy atom. The number of fused-ring (bicyclic) bond motifs is 1. The van der Waals surface area contributed by atoms with Crippen LogP contribution in [0.4, 0.5) is 5.69 Å². The lowest BCUT2D eigenvalue weighted by atomic mass is 10.0. The molecule has 6 nitrogen and oxygen atoms in total. The maximum atomic E-state index is 12.9. The fourth-order valence-corrected chi connectivity index (χ4v) is 4.84. The van der Waals surface area contributed by atoms with E-state index in [1.54, 1.807) is 6.08 Å². The molecule has 0 radical (unpaired) electrons. The van der Waals surface area contributed by atoms with Gasteiger partial charge in [-0.2, -0.15) is 0 Å². The lowest BCUT2D eigenvalue weighted by Crippen LogP contribution is -2.27. The number of carbonyl (C=O) groups is 3. The summed E-state index contributed by atoms with van der Waals surface area (Å²) in [5, 5.41) is 3.19. The van der Waals surface area contributed by atoms with Crippen LogP contribution in [0.5, 0.6) is 0 Å². The van der Waals surface area contributed by atoms with Crippen molar-refractivity contribution in [2.75, 3.05) is 25.1 Å². The minimum atomic E-state index is -0.178. The lowest BCUT2D eigenvalue weighted by molar-refractivity contribution is -0.140. The van der Waals surface area contributed by atoms with Crippen LogP contribution in [0.15, 0.2) is 48.5 Å². The zero-order valence-corrected chi connectivity index (χ0v) is 22.4. The van der Waals surface area contributed by atoms with Crippen molar-refractivity contribution < 1.29 is 19.1 Å². The summed E-state index contributed by atoms with van der Waals surface area (Å²) < 4.78 is 4.63. The monoisotopic (exact) mass is 504 g/mol. The first-order chi connectivity index (χ1) is 17.9. The molecule has 1 N–H and O–H groups in total. The molecule has 0 spiro atoms. The smallest absolute Gasteiger partial charge is 0.305 e. The average molecular weight is 505 g/mol. The Morgan fingerprint density at radius 3 is 2.35 bits per heavy atom. The zero-order chi connectivity index (χ0) is 26.6. The first-order valence-corrected chi connectivity index (χ1v) is 13.5. The molecule has 37 heavy (non-hydrogen) atoms. The molecule has 0 aliphatic heterocycles. The highest BCUT2D eigenvalue weighted by molar-refractivity contribution is 5.95. The van der Waals surface area contributed by atoms with Crippen molar-refractivity contribution in [2.24, 2.45) is 0 Å². The standard InChI is InChI=1S/C31H40N2O4/c1-4-33(5-2)26-17-14-24(15-18-26)31(36)32-29-21-16-25-22-23(13-20-28(25)29)12-19-27(34)10-8-6-7-9-11-30(35)37-3/h12-15,17-20,22,29H,4-11,16,21H2,1-3H3,(H,32,36)/b19-12+. The summed E-state index contributed by atoms with van der Waals surface area (Å²) in [6, 6.07) is 14.0. The number of nitrogens with one attached hydrogen (secondary N) is 1. The third-order valence-electron chi connectivity index (χ3n) is 7.05. The van der Waals surface area contributed by atoms with Gasteiger partial charge < -0.3 is 15.0 Å². The first-order valence-electron chi connectivity index (χ1n) is 13.5. The molecule has 1 aliphatic rings. The number of carbonyl (C=O) groups excluding carboxylic acids is 3. The van der Waals surface area contributed by atoms with Gasteiger partial charge in [-0.05, 0) is 86.6 Å². The molecule has 2 aromatic carbocycles. The van der Waals surface area contributed by atoms with Crippen LogP contribution in [-0.2, 0) is 20.7 Å². The van der Waals surface area contributed by atoms with Crippen molar-refractivity contribution in [3.8, 4) is 0 Å². The summed E-state index contributed by atoms with van der Waals surface area (Å²) in [5.41, 5.74) is 5.18. The highest BCUT2D eigenvalue weighted by Gasteiger charge is 2.24. The molecule has 0 aromatic heterocycles. The predicted molar refractivity (Wildman–Crippen MR) is 149 cm³/mol. The second kappa shape index (κ2) is 14.4. The van der Waals surface area contributed by atoms with E-state index in [2.05, 4.69) is 40.9 Å². The normalized spacial score (nSPS) is 14.4. The van der Waals surface area contributed by atoms with Gasteiger partial charge in [0, 0.05) is 37.2 Å². The van der Waals surface area contributed by atoms with Crippen LogP contribution in [-0.4, -0.2) is 37.9 Å². The molecule has 2 aromatic rings. The van der Waals surface area contributed by atoms with Gasteiger partial charge in [-0.1, -0.05) is 37.1 Å². The quantitative estimate of drug-likeness (QED) is 0.193. The number of methoxy groups -OCH3 is 1. The Hall–Kier alpha value is -3.41. The van der Waals surface area contributed by atoms with Crippen LogP contribution >= 0.6 is 0 Å². The van der Waals surface area contributed by atoms with Gasteiger partial charge in [-0.3, -0.25) is 14.4 Å². The molecule has 198 valence electrons. The van der Waals surface area contributed by atoms with Crippen molar-refractivity contribution in [3.63, 3.8) is 0 Å². The number of allylic oxidation sites excluding steroid dienone is 1. The molecule has 1 atom stereocenters. The maximum Gasteiger partial charge on any atom is 0.305 e. The number of anilines is 1. The molecule has 1 aliphatic carbocycles. The van der Waals surface area contributed by atoms with Gasteiger partial charge in [-0.15, -0.1) is 0 Å². The SMILES string of the molecule is CCN(CC)c1ccc(C(=O)NC2CCc3cc(/C=C/C(=O)CCCCCCC(=O)OC)ccc32)cc1. The van der Waals surface area contributed by atoms with Crippen LogP contribution in [0, 0.1) is 0 Å². The Kier molecular flexibility index (Phi) is 10.9. The van der Waals surface area contributed by atoms with Gasteiger partial charge in [0.05, 0.1) is 13.2 Å². The second-order valence-corrected chi connectivity index (χ2v) is 9.53. The number of esters is 1. The van der Waals surface area contributed by atoms with Crippen LogP contribution in [0.25, 0.3) is 6.08 Å². The molecule has 0 saturated carbocycles. The second-order valence-electron chi connectivity index (χ2n) is 9.53. The van der Waals surface area contributed by atoms with Gasteiger partial charge in [0.25, 0.3) is 5.91 Å². The largest absolute Gasteiger partial charge is 0.469 e. The predicted octanol–water partition coefficient (Wildman–Crippen LogP) is 6.05. The fraction of sp³-hybridized carbons (Fsp3) is 0.452. The molecule has 0 bridgehead atoms. The number of hydrogen-bond donors (Lipinski definition) is 1. The number of aryl methyl sites for hydroxylation is 1. The molecular weight excluding hydrogens is 464 g/mol. The van der Waals surface area contributed by atoms with E-state index in [1.807, 2.05) is 36.4 Å². The van der Waals surface area contributed by atoms with E-state index in [1.165, 1.54) is 12.7 Å². The lowest BCUT2D eigenvalue weighted by Gasteiger charge is -2.21. The molecule has 1 amide bonds. The molecule has 1 unspecified atom stereocenters. The Balaban J connectivity index is 1.47. The topological polar surface area (TPSA) is 75.7 Å². The fourth-order valence-electron chi connectivity index (χ4n) is 4.84. The third-order valence-corrected chi connectivity index (χ3v) is 7.05. The van der Waals surface area contributed by atoms with E-state index in [4.69, 9.17) is 0 Å². The summed E-state index contributed by atoms with van der Waals surface area (Å²) in [7, 11) is 1.40. The van der Waals surface area contributed by atoms with E-state index < -0.39 is 0 Å². The summed E-state index contributed by atoms with van der Waals surface area (Å²) >= 11 is 0. The Labute approximate surface area is 221 Å². The molecule has 3 rings (SSSR count).